The molecule has 0 radical (unpaired) electrons. The van der Waals surface area contributed by atoms with Gasteiger partial charge in [-0.2, -0.15) is 0 Å². The summed E-state index contributed by atoms with van der Waals surface area (Å²) in [7, 11) is 0. The molecule has 1 aromatic carbocycles. The first-order valence-corrected chi connectivity index (χ1v) is 6.44. The number of fused-ring (bicyclic) bond motifs is 2. The lowest BCUT2D eigenvalue weighted by Crippen LogP contribution is -2.30. The molecule has 0 spiro atoms. The molecule has 3 heteroatoms. The van der Waals surface area contributed by atoms with E-state index in [0.717, 1.165) is 25.1 Å². The summed E-state index contributed by atoms with van der Waals surface area (Å²) in [6.07, 6.45) is 5.90. The number of anilines is 1. The molecule has 17 heavy (non-hydrogen) atoms. The van der Waals surface area contributed by atoms with E-state index in [4.69, 9.17) is 0 Å². The summed E-state index contributed by atoms with van der Waals surface area (Å²) in [5.41, 5.74) is 2.39. The molecule has 0 unspecified atom stereocenters. The van der Waals surface area contributed by atoms with Crippen LogP contribution in [0, 0.1) is 0 Å². The number of benzene rings is 1. The van der Waals surface area contributed by atoms with Crippen LogP contribution in [-0.4, -0.2) is 19.0 Å². The van der Waals surface area contributed by atoms with Crippen molar-refractivity contribution < 1.29 is 4.79 Å². The van der Waals surface area contributed by atoms with Crippen LogP contribution in [0.1, 0.15) is 31.2 Å². The zero-order valence-electron chi connectivity index (χ0n) is 10.2. The summed E-state index contributed by atoms with van der Waals surface area (Å²) < 4.78 is 0. The third kappa shape index (κ3) is 4.10. The van der Waals surface area contributed by atoms with Crippen LogP contribution in [0.25, 0.3) is 0 Å². The minimum Gasteiger partial charge on any atom is -0.376 e. The lowest BCUT2D eigenvalue weighted by atomic mass is 10.1. The maximum atomic E-state index is 11.5. The Labute approximate surface area is 103 Å². The molecule has 0 aliphatic carbocycles. The highest BCUT2D eigenvalue weighted by molar-refractivity contribution is 5.80. The lowest BCUT2D eigenvalue weighted by Gasteiger charge is -2.08. The molecule has 2 rings (SSSR count). The molecule has 3 nitrogen and oxygen atoms in total. The van der Waals surface area contributed by atoms with Gasteiger partial charge in [0, 0.05) is 12.2 Å². The van der Waals surface area contributed by atoms with Crippen molar-refractivity contribution in [2.75, 3.05) is 18.4 Å². The SMILES string of the molecule is O=C1CNc2cccc(c2)CCCCCCN1. The minimum atomic E-state index is 0.0784. The number of carbonyl (C=O) groups excluding carboxylic acids is 1. The van der Waals surface area contributed by atoms with Crippen LogP contribution >= 0.6 is 0 Å². The van der Waals surface area contributed by atoms with Crippen molar-refractivity contribution in [3.63, 3.8) is 0 Å². The smallest absolute Gasteiger partial charge is 0.239 e. The van der Waals surface area contributed by atoms with Crippen LogP contribution in [-0.2, 0) is 11.2 Å². The van der Waals surface area contributed by atoms with Crippen molar-refractivity contribution in [2.24, 2.45) is 0 Å². The molecule has 2 bridgehead atoms. The van der Waals surface area contributed by atoms with Crippen LogP contribution in [0.2, 0.25) is 0 Å². The van der Waals surface area contributed by atoms with E-state index in [0.29, 0.717) is 6.54 Å². The fourth-order valence-electron chi connectivity index (χ4n) is 2.12. The third-order valence-electron chi connectivity index (χ3n) is 3.09. The van der Waals surface area contributed by atoms with Gasteiger partial charge >= 0.3 is 0 Å². The average molecular weight is 232 g/mol. The Morgan fingerprint density at radius 3 is 2.82 bits per heavy atom. The predicted molar refractivity (Wildman–Crippen MR) is 70.1 cm³/mol. The standard InChI is InChI=1S/C14H20N2O/c17-14-11-16-13-8-5-7-12(10-13)6-3-1-2-4-9-15-14/h5,7-8,10,16H,1-4,6,9,11H2,(H,15,17). The van der Waals surface area contributed by atoms with Crippen molar-refractivity contribution in [1.29, 1.82) is 0 Å². The maximum Gasteiger partial charge on any atom is 0.239 e. The number of aryl methyl sites for hydroxylation is 1. The number of carbonyl (C=O) groups is 1. The molecule has 1 aromatic rings. The minimum absolute atomic E-state index is 0.0784. The van der Waals surface area contributed by atoms with E-state index in [-0.39, 0.29) is 5.91 Å². The Balaban J connectivity index is 2.02. The molecule has 1 aliphatic heterocycles. The Kier molecular flexibility index (Phi) is 4.42. The fourth-order valence-corrected chi connectivity index (χ4v) is 2.12. The molecule has 2 N–H and O–H groups in total. The Morgan fingerprint density at radius 1 is 1.00 bits per heavy atom. The summed E-state index contributed by atoms with van der Waals surface area (Å²) in [5.74, 6) is 0.0784. The summed E-state index contributed by atoms with van der Waals surface area (Å²) in [5, 5.41) is 6.09. The average Bonchev–Trinajstić information content (AvgIpc) is 2.36. The van der Waals surface area contributed by atoms with Crippen molar-refractivity contribution in [2.45, 2.75) is 32.1 Å². The molecule has 0 saturated heterocycles. The molecule has 0 saturated carbocycles. The second-order valence-electron chi connectivity index (χ2n) is 4.57. The van der Waals surface area contributed by atoms with E-state index in [1.807, 2.05) is 6.07 Å². The van der Waals surface area contributed by atoms with Gasteiger partial charge < -0.3 is 10.6 Å². The molecule has 1 heterocycles. The topological polar surface area (TPSA) is 41.1 Å². The Bertz CT molecular complexity index is 376. The normalized spacial score (nSPS) is 18.0. The van der Waals surface area contributed by atoms with Crippen LogP contribution in [0.15, 0.2) is 24.3 Å². The molecule has 0 fully saturated rings. The molecule has 1 amide bonds. The largest absolute Gasteiger partial charge is 0.376 e. The highest BCUT2D eigenvalue weighted by Gasteiger charge is 2.03. The van der Waals surface area contributed by atoms with Crippen molar-refractivity contribution >= 4 is 11.6 Å². The highest BCUT2D eigenvalue weighted by atomic mass is 16.1. The lowest BCUT2D eigenvalue weighted by molar-refractivity contribution is -0.119. The van der Waals surface area contributed by atoms with Gasteiger partial charge in [0.1, 0.15) is 0 Å². The summed E-state index contributed by atoms with van der Waals surface area (Å²) in [6, 6.07) is 8.36. The van der Waals surface area contributed by atoms with Crippen molar-refractivity contribution in [1.82, 2.24) is 5.32 Å². The van der Waals surface area contributed by atoms with E-state index in [2.05, 4.69) is 28.8 Å². The summed E-state index contributed by atoms with van der Waals surface area (Å²) in [6.45, 7) is 1.17. The van der Waals surface area contributed by atoms with Crippen molar-refractivity contribution in [3.8, 4) is 0 Å². The van der Waals surface area contributed by atoms with Crippen molar-refractivity contribution in [3.05, 3.63) is 29.8 Å². The number of rotatable bonds is 0. The highest BCUT2D eigenvalue weighted by Crippen LogP contribution is 2.14. The molecular weight excluding hydrogens is 212 g/mol. The first kappa shape index (κ1) is 12.0. The molecule has 92 valence electrons. The van der Waals surface area contributed by atoms with Gasteiger partial charge in [-0.1, -0.05) is 25.0 Å². The molecule has 0 atom stereocenters. The van der Waals surface area contributed by atoms with Crippen LogP contribution in [0.3, 0.4) is 0 Å². The number of nitrogens with one attached hydrogen (secondary N) is 2. The van der Waals surface area contributed by atoms with Gasteiger partial charge in [0.25, 0.3) is 0 Å². The first-order valence-electron chi connectivity index (χ1n) is 6.44. The molecular formula is C14H20N2O. The Hall–Kier alpha value is -1.51. The van der Waals surface area contributed by atoms with Crippen LogP contribution in [0.4, 0.5) is 5.69 Å². The summed E-state index contributed by atoms with van der Waals surface area (Å²) >= 11 is 0. The monoisotopic (exact) mass is 232 g/mol. The Morgan fingerprint density at radius 2 is 1.88 bits per heavy atom. The predicted octanol–water partition coefficient (Wildman–Crippen LogP) is 2.33. The van der Waals surface area contributed by atoms with Gasteiger partial charge in [-0.25, -0.2) is 0 Å². The number of hydrogen-bond acceptors (Lipinski definition) is 2. The van der Waals surface area contributed by atoms with Gasteiger partial charge in [-0.3, -0.25) is 4.79 Å². The van der Waals surface area contributed by atoms with E-state index in [9.17, 15) is 4.79 Å². The van der Waals surface area contributed by atoms with E-state index >= 15 is 0 Å². The van der Waals surface area contributed by atoms with E-state index in [1.54, 1.807) is 0 Å². The van der Waals surface area contributed by atoms with Gasteiger partial charge in [0.15, 0.2) is 0 Å². The van der Waals surface area contributed by atoms with Crippen LogP contribution in [0.5, 0.6) is 0 Å². The maximum absolute atomic E-state index is 11.5. The third-order valence-corrected chi connectivity index (χ3v) is 3.09. The number of amides is 1. The van der Waals surface area contributed by atoms with Gasteiger partial charge in [0.05, 0.1) is 6.54 Å². The molecule has 1 aliphatic rings. The second kappa shape index (κ2) is 6.28. The van der Waals surface area contributed by atoms with Gasteiger partial charge in [-0.05, 0) is 37.0 Å². The van der Waals surface area contributed by atoms with Crippen LogP contribution < -0.4 is 10.6 Å². The number of hydrogen-bond donors (Lipinski definition) is 2. The van der Waals surface area contributed by atoms with Gasteiger partial charge in [0.2, 0.25) is 5.91 Å². The fraction of sp³-hybridized carbons (Fsp3) is 0.500. The summed E-state index contributed by atoms with van der Waals surface area (Å²) in [4.78, 5) is 11.5. The van der Waals surface area contributed by atoms with E-state index in [1.165, 1.54) is 24.8 Å². The van der Waals surface area contributed by atoms with E-state index < -0.39 is 0 Å². The quantitative estimate of drug-likeness (QED) is 0.721. The van der Waals surface area contributed by atoms with Gasteiger partial charge in [-0.15, -0.1) is 0 Å². The molecule has 0 aromatic heterocycles. The second-order valence-corrected chi connectivity index (χ2v) is 4.57. The zero-order chi connectivity index (χ0) is 11.9. The zero-order valence-corrected chi connectivity index (χ0v) is 10.2. The first-order chi connectivity index (χ1) is 8.34.